The second kappa shape index (κ2) is 6.12. The van der Waals surface area contributed by atoms with Gasteiger partial charge in [-0.2, -0.15) is 0 Å². The molecule has 0 saturated heterocycles. The molecule has 1 aliphatic carbocycles. The molecular formula is C13H27N3. The lowest BCUT2D eigenvalue weighted by Gasteiger charge is -2.12. The van der Waals surface area contributed by atoms with Crippen LogP contribution in [0, 0.1) is 11.3 Å². The Morgan fingerprint density at radius 3 is 2.62 bits per heavy atom. The van der Waals surface area contributed by atoms with Crippen LogP contribution in [-0.2, 0) is 0 Å². The van der Waals surface area contributed by atoms with Gasteiger partial charge in [0.05, 0.1) is 0 Å². The summed E-state index contributed by atoms with van der Waals surface area (Å²) in [5, 5.41) is 3.18. The van der Waals surface area contributed by atoms with E-state index in [1.165, 1.54) is 25.7 Å². The average molecular weight is 225 g/mol. The summed E-state index contributed by atoms with van der Waals surface area (Å²) >= 11 is 0. The highest BCUT2D eigenvalue weighted by Gasteiger charge is 2.41. The van der Waals surface area contributed by atoms with E-state index in [0.29, 0.717) is 11.4 Å². The molecule has 3 N–H and O–H groups in total. The van der Waals surface area contributed by atoms with Crippen molar-refractivity contribution in [1.29, 1.82) is 0 Å². The predicted molar refractivity (Wildman–Crippen MR) is 70.5 cm³/mol. The van der Waals surface area contributed by atoms with Crippen LogP contribution in [0.4, 0.5) is 0 Å². The van der Waals surface area contributed by atoms with Gasteiger partial charge >= 0.3 is 0 Å². The summed E-state index contributed by atoms with van der Waals surface area (Å²) in [6, 6.07) is 0. The van der Waals surface area contributed by atoms with Gasteiger partial charge in [-0.15, -0.1) is 0 Å². The number of nitrogens with one attached hydrogen (secondary N) is 1. The Labute approximate surface area is 99.9 Å². The summed E-state index contributed by atoms with van der Waals surface area (Å²) in [5.74, 6) is 1.35. The van der Waals surface area contributed by atoms with E-state index in [1.807, 2.05) is 0 Å². The predicted octanol–water partition coefficient (Wildman–Crippen LogP) is 2.52. The summed E-state index contributed by atoms with van der Waals surface area (Å²) in [5.41, 5.74) is 6.34. The SMILES string of the molecule is CCCC1(CN=C(N)NCCC(C)C)CC1. The zero-order chi connectivity index (χ0) is 12.0. The van der Waals surface area contributed by atoms with Crippen molar-refractivity contribution in [3.05, 3.63) is 0 Å². The summed E-state index contributed by atoms with van der Waals surface area (Å²) in [4.78, 5) is 4.46. The van der Waals surface area contributed by atoms with Crippen molar-refractivity contribution >= 4 is 5.96 Å². The first-order chi connectivity index (χ1) is 7.58. The normalized spacial score (nSPS) is 18.9. The van der Waals surface area contributed by atoms with E-state index < -0.39 is 0 Å². The highest BCUT2D eigenvalue weighted by atomic mass is 15.1. The fraction of sp³-hybridized carbons (Fsp3) is 0.923. The molecular weight excluding hydrogens is 198 g/mol. The van der Waals surface area contributed by atoms with Gasteiger partial charge < -0.3 is 11.1 Å². The Kier molecular flexibility index (Phi) is 5.10. The standard InChI is InChI=1S/C13H27N3/c1-4-6-13(7-8-13)10-16-12(14)15-9-5-11(2)3/h11H,4-10H2,1-3H3,(H3,14,15,16). The van der Waals surface area contributed by atoms with Gasteiger partial charge in [-0.05, 0) is 37.0 Å². The molecule has 0 radical (unpaired) electrons. The van der Waals surface area contributed by atoms with Crippen LogP contribution in [0.5, 0.6) is 0 Å². The summed E-state index contributed by atoms with van der Waals surface area (Å²) in [6.45, 7) is 8.54. The van der Waals surface area contributed by atoms with E-state index in [0.717, 1.165) is 25.4 Å². The maximum atomic E-state index is 5.83. The number of nitrogens with zero attached hydrogens (tertiary/aromatic N) is 1. The van der Waals surface area contributed by atoms with Crippen molar-refractivity contribution < 1.29 is 0 Å². The molecule has 0 aromatic rings. The maximum Gasteiger partial charge on any atom is 0.188 e. The largest absolute Gasteiger partial charge is 0.370 e. The molecule has 0 aromatic carbocycles. The molecule has 16 heavy (non-hydrogen) atoms. The Hall–Kier alpha value is -0.730. The van der Waals surface area contributed by atoms with Crippen LogP contribution in [-0.4, -0.2) is 19.0 Å². The minimum atomic E-state index is 0.513. The van der Waals surface area contributed by atoms with Crippen molar-refractivity contribution in [3.63, 3.8) is 0 Å². The van der Waals surface area contributed by atoms with Gasteiger partial charge in [0.15, 0.2) is 5.96 Å². The molecule has 1 saturated carbocycles. The van der Waals surface area contributed by atoms with E-state index in [9.17, 15) is 0 Å². The molecule has 0 spiro atoms. The van der Waals surface area contributed by atoms with Crippen molar-refractivity contribution in [3.8, 4) is 0 Å². The Morgan fingerprint density at radius 2 is 2.12 bits per heavy atom. The number of aliphatic imine (C=N–C) groups is 1. The minimum Gasteiger partial charge on any atom is -0.370 e. The first-order valence-corrected chi connectivity index (χ1v) is 6.62. The third-order valence-corrected chi connectivity index (χ3v) is 3.35. The highest BCUT2D eigenvalue weighted by Crippen LogP contribution is 2.49. The maximum absolute atomic E-state index is 5.83. The van der Waals surface area contributed by atoms with E-state index in [1.54, 1.807) is 0 Å². The van der Waals surface area contributed by atoms with E-state index in [-0.39, 0.29) is 0 Å². The Balaban J connectivity index is 2.18. The molecule has 0 heterocycles. The minimum absolute atomic E-state index is 0.513. The first kappa shape index (κ1) is 13.3. The molecule has 1 fully saturated rings. The topological polar surface area (TPSA) is 50.4 Å². The quantitative estimate of drug-likeness (QED) is 0.517. The van der Waals surface area contributed by atoms with Crippen LogP contribution in [0.1, 0.15) is 52.9 Å². The van der Waals surface area contributed by atoms with Crippen molar-refractivity contribution in [2.75, 3.05) is 13.1 Å². The summed E-state index contributed by atoms with van der Waals surface area (Å²) in [7, 11) is 0. The number of rotatable bonds is 7. The lowest BCUT2D eigenvalue weighted by molar-refractivity contribution is 0.471. The number of guanidine groups is 1. The fourth-order valence-corrected chi connectivity index (χ4v) is 1.99. The van der Waals surface area contributed by atoms with Gasteiger partial charge in [0.2, 0.25) is 0 Å². The fourth-order valence-electron chi connectivity index (χ4n) is 1.99. The number of nitrogens with two attached hydrogens (primary N) is 1. The van der Waals surface area contributed by atoms with Crippen molar-refractivity contribution in [1.82, 2.24) is 5.32 Å². The monoisotopic (exact) mass is 225 g/mol. The van der Waals surface area contributed by atoms with Gasteiger partial charge in [0.25, 0.3) is 0 Å². The molecule has 1 aliphatic rings. The molecule has 0 atom stereocenters. The molecule has 0 aliphatic heterocycles. The van der Waals surface area contributed by atoms with Crippen LogP contribution in [0.25, 0.3) is 0 Å². The van der Waals surface area contributed by atoms with Crippen LogP contribution in [0.2, 0.25) is 0 Å². The molecule has 0 amide bonds. The van der Waals surface area contributed by atoms with Gasteiger partial charge in [-0.3, -0.25) is 4.99 Å². The lowest BCUT2D eigenvalue weighted by atomic mass is 10.0. The van der Waals surface area contributed by atoms with Gasteiger partial charge in [-0.25, -0.2) is 0 Å². The molecule has 0 aromatic heterocycles. The highest BCUT2D eigenvalue weighted by molar-refractivity contribution is 5.77. The average Bonchev–Trinajstić information content (AvgIpc) is 2.96. The van der Waals surface area contributed by atoms with Crippen LogP contribution in [0.15, 0.2) is 4.99 Å². The Bertz CT molecular complexity index is 229. The lowest BCUT2D eigenvalue weighted by Crippen LogP contribution is -2.33. The number of hydrogen-bond donors (Lipinski definition) is 2. The summed E-state index contributed by atoms with van der Waals surface area (Å²) in [6.07, 6.45) is 6.38. The van der Waals surface area contributed by atoms with Gasteiger partial charge in [0.1, 0.15) is 0 Å². The van der Waals surface area contributed by atoms with Crippen LogP contribution >= 0.6 is 0 Å². The zero-order valence-electron chi connectivity index (χ0n) is 11.1. The summed E-state index contributed by atoms with van der Waals surface area (Å²) < 4.78 is 0. The molecule has 1 rings (SSSR count). The molecule has 3 nitrogen and oxygen atoms in total. The van der Waals surface area contributed by atoms with Crippen molar-refractivity contribution in [2.24, 2.45) is 22.1 Å². The molecule has 3 heteroatoms. The van der Waals surface area contributed by atoms with Gasteiger partial charge in [-0.1, -0.05) is 27.2 Å². The molecule has 0 unspecified atom stereocenters. The second-order valence-corrected chi connectivity index (χ2v) is 5.56. The third kappa shape index (κ3) is 4.86. The van der Waals surface area contributed by atoms with E-state index >= 15 is 0 Å². The number of hydrogen-bond acceptors (Lipinski definition) is 1. The van der Waals surface area contributed by atoms with Crippen LogP contribution < -0.4 is 11.1 Å². The van der Waals surface area contributed by atoms with Crippen LogP contribution in [0.3, 0.4) is 0 Å². The van der Waals surface area contributed by atoms with E-state index in [4.69, 9.17) is 5.73 Å². The van der Waals surface area contributed by atoms with E-state index in [2.05, 4.69) is 31.1 Å². The molecule has 94 valence electrons. The second-order valence-electron chi connectivity index (χ2n) is 5.56. The van der Waals surface area contributed by atoms with Crippen molar-refractivity contribution in [2.45, 2.75) is 52.9 Å². The zero-order valence-corrected chi connectivity index (χ0v) is 11.1. The Morgan fingerprint density at radius 1 is 1.44 bits per heavy atom. The third-order valence-electron chi connectivity index (χ3n) is 3.35. The first-order valence-electron chi connectivity index (χ1n) is 6.62. The molecule has 0 bridgehead atoms. The smallest absolute Gasteiger partial charge is 0.188 e. The van der Waals surface area contributed by atoms with Gasteiger partial charge in [0, 0.05) is 13.1 Å².